The summed E-state index contributed by atoms with van der Waals surface area (Å²) in [5, 5.41) is 12.9. The van der Waals surface area contributed by atoms with Crippen LogP contribution in [-0.4, -0.2) is 30.9 Å². The summed E-state index contributed by atoms with van der Waals surface area (Å²) in [4.78, 5) is 17.1. The Kier molecular flexibility index (Phi) is 7.65. The summed E-state index contributed by atoms with van der Waals surface area (Å²) in [6, 6.07) is 18.9. The van der Waals surface area contributed by atoms with Gasteiger partial charge in [-0.1, -0.05) is 72.2 Å². The molecule has 0 radical (unpaired) electrons. The Morgan fingerprint density at radius 3 is 2.58 bits per heavy atom. The molecule has 4 rings (SSSR count). The Labute approximate surface area is 206 Å². The van der Waals surface area contributed by atoms with Crippen molar-refractivity contribution in [1.29, 1.82) is 0 Å². The first kappa shape index (κ1) is 23.3. The Balaban J connectivity index is 1.64. The van der Waals surface area contributed by atoms with E-state index in [1.165, 1.54) is 11.8 Å². The van der Waals surface area contributed by atoms with E-state index < -0.39 is 0 Å². The van der Waals surface area contributed by atoms with Crippen molar-refractivity contribution in [3.05, 3.63) is 88.7 Å². The summed E-state index contributed by atoms with van der Waals surface area (Å²) in [6.45, 7) is 2.44. The first-order valence-corrected chi connectivity index (χ1v) is 12.0. The minimum Gasteiger partial charge on any atom is -0.351 e. The molecule has 1 atom stereocenters. The molecule has 0 aliphatic heterocycles. The van der Waals surface area contributed by atoms with Crippen molar-refractivity contribution in [2.45, 2.75) is 30.3 Å². The van der Waals surface area contributed by atoms with E-state index in [-0.39, 0.29) is 11.2 Å². The van der Waals surface area contributed by atoms with E-state index >= 15 is 0 Å². The number of benzene rings is 2. The first-order valence-electron chi connectivity index (χ1n) is 10.4. The summed E-state index contributed by atoms with van der Waals surface area (Å²) < 4.78 is 1.87. The van der Waals surface area contributed by atoms with Crippen LogP contribution in [0.5, 0.6) is 0 Å². The molecule has 2 aromatic carbocycles. The lowest BCUT2D eigenvalue weighted by molar-refractivity contribution is -0.120. The molecule has 1 N–H and O–H groups in total. The molecule has 2 aromatic heterocycles. The van der Waals surface area contributed by atoms with Crippen LogP contribution in [0.15, 0.2) is 78.2 Å². The van der Waals surface area contributed by atoms with Gasteiger partial charge in [0.15, 0.2) is 11.0 Å². The molecule has 4 aromatic rings. The molecule has 6 nitrogen and oxygen atoms in total. The highest BCUT2D eigenvalue weighted by Gasteiger charge is 2.24. The second-order valence-electron chi connectivity index (χ2n) is 7.20. The van der Waals surface area contributed by atoms with Crippen molar-refractivity contribution in [3.8, 4) is 17.1 Å². The minimum atomic E-state index is -0.346. The van der Waals surface area contributed by atoms with Gasteiger partial charge in [0.25, 0.3) is 0 Å². The number of amides is 1. The Morgan fingerprint density at radius 2 is 1.88 bits per heavy atom. The predicted octanol–water partition coefficient (Wildman–Crippen LogP) is 5.82. The molecule has 0 aliphatic carbocycles. The van der Waals surface area contributed by atoms with E-state index in [0.717, 1.165) is 16.8 Å². The Morgan fingerprint density at radius 1 is 1.06 bits per heavy atom. The molecule has 0 fully saturated rings. The molecule has 9 heteroatoms. The number of nitrogens with zero attached hydrogens (tertiary/aromatic N) is 4. The Hall–Kier alpha value is -2.87. The quantitative estimate of drug-likeness (QED) is 0.310. The number of aromatic nitrogens is 4. The van der Waals surface area contributed by atoms with Gasteiger partial charge >= 0.3 is 0 Å². The predicted molar refractivity (Wildman–Crippen MR) is 133 cm³/mol. The molecule has 33 heavy (non-hydrogen) atoms. The molecule has 1 amide bonds. The summed E-state index contributed by atoms with van der Waals surface area (Å²) in [5.74, 6) is 0.543. The normalized spacial score (nSPS) is 11.8. The van der Waals surface area contributed by atoms with Crippen molar-refractivity contribution in [2.75, 3.05) is 0 Å². The summed E-state index contributed by atoms with van der Waals surface area (Å²) in [7, 11) is 0. The smallest absolute Gasteiger partial charge is 0.233 e. The molecular formula is C24H21Cl2N5OS. The maximum Gasteiger partial charge on any atom is 0.233 e. The van der Waals surface area contributed by atoms with Crippen LogP contribution in [0, 0.1) is 0 Å². The topological polar surface area (TPSA) is 72.7 Å². The third-order valence-electron chi connectivity index (χ3n) is 4.93. The van der Waals surface area contributed by atoms with Crippen molar-refractivity contribution in [2.24, 2.45) is 0 Å². The molecule has 0 bridgehead atoms. The third kappa shape index (κ3) is 5.55. The van der Waals surface area contributed by atoms with Gasteiger partial charge in [-0.15, -0.1) is 10.2 Å². The number of thioether (sulfide) groups is 1. The van der Waals surface area contributed by atoms with Gasteiger partial charge in [-0.25, -0.2) is 0 Å². The number of carbonyl (C=O) groups is 1. The number of rotatable bonds is 8. The molecule has 0 saturated heterocycles. The third-order valence-corrected chi connectivity index (χ3v) is 6.98. The number of hydrogen-bond acceptors (Lipinski definition) is 5. The van der Waals surface area contributed by atoms with E-state index in [9.17, 15) is 4.79 Å². The van der Waals surface area contributed by atoms with Crippen molar-refractivity contribution < 1.29 is 4.79 Å². The fraction of sp³-hybridized carbons (Fsp3) is 0.167. The minimum absolute atomic E-state index is 0.0574. The van der Waals surface area contributed by atoms with Gasteiger partial charge in [-0.2, -0.15) is 0 Å². The molecule has 2 heterocycles. The number of hydrogen-bond donors (Lipinski definition) is 1. The van der Waals surface area contributed by atoms with Gasteiger partial charge in [0.05, 0.1) is 21.0 Å². The van der Waals surface area contributed by atoms with Crippen LogP contribution < -0.4 is 5.32 Å². The van der Waals surface area contributed by atoms with E-state index in [0.29, 0.717) is 34.0 Å². The van der Waals surface area contributed by atoms with Gasteiger partial charge < -0.3 is 5.32 Å². The van der Waals surface area contributed by atoms with Crippen molar-refractivity contribution in [3.63, 3.8) is 0 Å². The maximum absolute atomic E-state index is 12.9. The van der Waals surface area contributed by atoms with Crippen LogP contribution in [0.4, 0.5) is 0 Å². The van der Waals surface area contributed by atoms with E-state index in [2.05, 4.69) is 20.5 Å². The van der Waals surface area contributed by atoms with Crippen LogP contribution in [0.25, 0.3) is 17.1 Å². The van der Waals surface area contributed by atoms with E-state index in [1.54, 1.807) is 24.5 Å². The van der Waals surface area contributed by atoms with Crippen LogP contribution in [0.3, 0.4) is 0 Å². The standard InChI is InChI=1S/C24H21Cl2N5OS/c1-2-21(23(32)28-14-16-7-4-3-5-8-16)33-24-30-29-22(17-9-6-12-27-15-17)31(24)18-10-11-19(25)20(26)13-18/h3-13,15,21H,2,14H2,1H3,(H,28,32). The van der Waals surface area contributed by atoms with Gasteiger partial charge in [-0.3, -0.25) is 14.3 Å². The zero-order chi connectivity index (χ0) is 23.2. The van der Waals surface area contributed by atoms with Crippen LogP contribution in [0.1, 0.15) is 18.9 Å². The summed E-state index contributed by atoms with van der Waals surface area (Å²) >= 11 is 13.8. The lowest BCUT2D eigenvalue weighted by atomic mass is 10.2. The fourth-order valence-electron chi connectivity index (χ4n) is 3.23. The zero-order valence-electron chi connectivity index (χ0n) is 17.8. The number of halogens is 2. The average molecular weight is 498 g/mol. The largest absolute Gasteiger partial charge is 0.351 e. The first-order chi connectivity index (χ1) is 16.1. The van der Waals surface area contributed by atoms with Crippen molar-refractivity contribution >= 4 is 40.9 Å². The van der Waals surface area contributed by atoms with Gasteiger partial charge in [0, 0.05) is 24.5 Å². The highest BCUT2D eigenvalue weighted by Crippen LogP contribution is 2.33. The zero-order valence-corrected chi connectivity index (χ0v) is 20.1. The summed E-state index contributed by atoms with van der Waals surface area (Å²) in [6.07, 6.45) is 4.04. The highest BCUT2D eigenvalue weighted by molar-refractivity contribution is 8.00. The highest BCUT2D eigenvalue weighted by atomic mass is 35.5. The van der Waals surface area contributed by atoms with Gasteiger partial charge in [0.1, 0.15) is 0 Å². The lowest BCUT2D eigenvalue weighted by Crippen LogP contribution is -2.32. The van der Waals surface area contributed by atoms with Crippen LogP contribution >= 0.6 is 35.0 Å². The molecule has 0 aliphatic rings. The second-order valence-corrected chi connectivity index (χ2v) is 9.18. The van der Waals surface area contributed by atoms with Crippen LogP contribution in [-0.2, 0) is 11.3 Å². The van der Waals surface area contributed by atoms with E-state index in [1.807, 2.05) is 60.0 Å². The fourth-order valence-corrected chi connectivity index (χ4v) is 4.52. The SMILES string of the molecule is CCC(Sc1nnc(-c2cccnc2)n1-c1ccc(Cl)c(Cl)c1)C(=O)NCc1ccccc1. The van der Waals surface area contributed by atoms with E-state index in [4.69, 9.17) is 23.2 Å². The molecular weight excluding hydrogens is 477 g/mol. The Bertz CT molecular complexity index is 1230. The second kappa shape index (κ2) is 10.8. The molecule has 0 spiro atoms. The molecule has 168 valence electrons. The molecule has 1 unspecified atom stereocenters. The van der Waals surface area contributed by atoms with Crippen molar-refractivity contribution in [1.82, 2.24) is 25.1 Å². The van der Waals surface area contributed by atoms with Crippen LogP contribution in [0.2, 0.25) is 10.0 Å². The average Bonchev–Trinajstić information content (AvgIpc) is 3.27. The van der Waals surface area contributed by atoms with Gasteiger partial charge in [-0.05, 0) is 42.3 Å². The van der Waals surface area contributed by atoms with Gasteiger partial charge in [0.2, 0.25) is 5.91 Å². The number of pyridine rings is 1. The lowest BCUT2D eigenvalue weighted by Gasteiger charge is -2.16. The molecule has 0 saturated carbocycles. The summed E-state index contributed by atoms with van der Waals surface area (Å²) in [5.41, 5.74) is 2.59. The monoisotopic (exact) mass is 497 g/mol. The maximum atomic E-state index is 12.9. The number of carbonyl (C=O) groups excluding carboxylic acids is 1. The number of nitrogens with one attached hydrogen (secondary N) is 1.